The summed E-state index contributed by atoms with van der Waals surface area (Å²) in [7, 11) is 0. The number of nitrogens with zero attached hydrogens (tertiary/aromatic N) is 1. The minimum Gasteiger partial charge on any atom is -0.489 e. The fourth-order valence-corrected chi connectivity index (χ4v) is 2.55. The van der Waals surface area contributed by atoms with E-state index in [0.29, 0.717) is 16.7 Å². The second-order valence-electron chi connectivity index (χ2n) is 5.51. The number of furan rings is 1. The zero-order valence-corrected chi connectivity index (χ0v) is 14.4. The van der Waals surface area contributed by atoms with Crippen LogP contribution in [0.4, 0.5) is 13.2 Å². The average Bonchev–Trinajstić information content (AvgIpc) is 2.96. The number of hydrogen-bond donors (Lipinski definition) is 0. The van der Waals surface area contributed by atoms with E-state index >= 15 is 0 Å². The molecule has 0 aliphatic heterocycles. The molecule has 0 N–H and O–H groups in total. The molecule has 0 unspecified atom stereocenters. The van der Waals surface area contributed by atoms with Crippen molar-refractivity contribution in [2.75, 3.05) is 6.61 Å². The van der Waals surface area contributed by atoms with Gasteiger partial charge in [0.05, 0.1) is 9.35 Å². The lowest BCUT2D eigenvalue weighted by Crippen LogP contribution is -2.13. The van der Waals surface area contributed by atoms with Gasteiger partial charge in [-0.3, -0.25) is 4.98 Å². The third-order valence-corrected chi connectivity index (χ3v) is 3.67. The van der Waals surface area contributed by atoms with E-state index in [-0.39, 0.29) is 17.9 Å². The molecule has 142 valence electrons. The number of benzene rings is 1. The van der Waals surface area contributed by atoms with Crippen molar-refractivity contribution in [2.45, 2.75) is 26.6 Å². The predicted octanol–water partition coefficient (Wildman–Crippen LogP) is 4.91. The highest BCUT2D eigenvalue weighted by Crippen LogP contribution is 2.32. The molecule has 0 saturated heterocycles. The normalized spacial score (nSPS) is 13.2. The number of halogens is 3. The molecular weight excluding hydrogens is 363 g/mol. The summed E-state index contributed by atoms with van der Waals surface area (Å²) >= 11 is 0. The Morgan fingerprint density at radius 3 is 2.81 bits per heavy atom. The van der Waals surface area contributed by atoms with Crippen LogP contribution in [-0.4, -0.2) is 17.6 Å². The molecule has 1 aromatic carbocycles. The van der Waals surface area contributed by atoms with Crippen molar-refractivity contribution in [3.8, 4) is 5.75 Å². The summed E-state index contributed by atoms with van der Waals surface area (Å²) < 4.78 is 71.4. The number of ether oxygens (including phenoxy) is 2. The zero-order chi connectivity index (χ0) is 21.4. The summed E-state index contributed by atoms with van der Waals surface area (Å²) in [4.78, 5) is 15.4. The summed E-state index contributed by atoms with van der Waals surface area (Å²) in [6.45, 7) is 0.516. The van der Waals surface area contributed by atoms with E-state index in [9.17, 15) is 18.0 Å². The second-order valence-corrected chi connectivity index (χ2v) is 5.51. The van der Waals surface area contributed by atoms with Crippen LogP contribution in [0.15, 0.2) is 40.9 Å². The molecule has 0 amide bonds. The molecule has 0 fully saturated rings. The lowest BCUT2D eigenvalue weighted by Gasteiger charge is -2.12. The monoisotopic (exact) mass is 381 g/mol. The number of pyridine rings is 1. The van der Waals surface area contributed by atoms with Gasteiger partial charge in [-0.1, -0.05) is 6.07 Å². The Hall–Kier alpha value is -3.03. The van der Waals surface area contributed by atoms with Gasteiger partial charge < -0.3 is 13.9 Å². The molecular formula is C19H16F3NO4. The highest BCUT2D eigenvalue weighted by Gasteiger charge is 2.35. The largest absolute Gasteiger partial charge is 0.489 e. The first-order chi connectivity index (χ1) is 13.5. The number of aryl methyl sites for hydroxylation is 1. The third-order valence-electron chi connectivity index (χ3n) is 3.67. The molecule has 2 aromatic heterocycles. The van der Waals surface area contributed by atoms with E-state index < -0.39 is 30.0 Å². The van der Waals surface area contributed by atoms with Crippen molar-refractivity contribution in [1.29, 1.82) is 0 Å². The quantitative estimate of drug-likeness (QED) is 0.588. The summed E-state index contributed by atoms with van der Waals surface area (Å²) in [5, 5.41) is 0.302. The number of esters is 1. The van der Waals surface area contributed by atoms with Crippen LogP contribution in [-0.2, 0) is 17.5 Å². The number of rotatable bonds is 5. The number of fused-ring (bicyclic) bond motifs is 1. The van der Waals surface area contributed by atoms with Gasteiger partial charge in [0.1, 0.15) is 29.2 Å². The van der Waals surface area contributed by atoms with Crippen LogP contribution in [0.2, 0.25) is 0 Å². The second kappa shape index (κ2) is 7.30. The highest BCUT2D eigenvalue weighted by atomic mass is 19.4. The van der Waals surface area contributed by atoms with Gasteiger partial charge in [0.2, 0.25) is 0 Å². The SMILES string of the molecule is [2H]C([2H])(Oc1ccc2oc(C)c(C(=O)OCC)c2c1)c1cccnc1C(F)(F)F. The molecule has 3 rings (SSSR count). The molecule has 0 aliphatic rings. The summed E-state index contributed by atoms with van der Waals surface area (Å²) in [6.07, 6.45) is -3.93. The molecule has 0 spiro atoms. The van der Waals surface area contributed by atoms with Crippen molar-refractivity contribution in [2.24, 2.45) is 0 Å². The molecule has 27 heavy (non-hydrogen) atoms. The molecule has 5 nitrogen and oxygen atoms in total. The van der Waals surface area contributed by atoms with Gasteiger partial charge in [-0.2, -0.15) is 13.2 Å². The molecule has 3 aromatic rings. The van der Waals surface area contributed by atoms with Gasteiger partial charge in [0, 0.05) is 17.1 Å². The number of alkyl halides is 3. The van der Waals surface area contributed by atoms with Crippen molar-refractivity contribution in [1.82, 2.24) is 4.98 Å². The van der Waals surface area contributed by atoms with Crippen LogP contribution in [0.1, 0.15) is 37.0 Å². The first-order valence-electron chi connectivity index (χ1n) is 8.96. The van der Waals surface area contributed by atoms with Crippen LogP contribution in [0.3, 0.4) is 0 Å². The molecule has 0 saturated carbocycles. The van der Waals surface area contributed by atoms with Gasteiger partial charge in [-0.05, 0) is 38.1 Å². The van der Waals surface area contributed by atoms with E-state index in [4.69, 9.17) is 16.6 Å². The topological polar surface area (TPSA) is 61.6 Å². The molecule has 0 bridgehead atoms. The van der Waals surface area contributed by atoms with Crippen molar-refractivity contribution in [3.63, 3.8) is 0 Å². The Kier molecular flexibility index (Phi) is 4.37. The van der Waals surface area contributed by atoms with Gasteiger partial charge in [-0.15, -0.1) is 0 Å². The number of carbonyl (C=O) groups excluding carboxylic acids is 1. The Labute approximate surface area is 155 Å². The van der Waals surface area contributed by atoms with Gasteiger partial charge in [-0.25, -0.2) is 4.79 Å². The Morgan fingerprint density at radius 2 is 2.11 bits per heavy atom. The Bertz CT molecular complexity index is 1060. The summed E-state index contributed by atoms with van der Waals surface area (Å²) in [5.41, 5.74) is -1.67. The maximum absolute atomic E-state index is 13.2. The third kappa shape index (κ3) is 3.89. The predicted molar refractivity (Wildman–Crippen MR) is 90.5 cm³/mol. The van der Waals surface area contributed by atoms with Crippen LogP contribution in [0.5, 0.6) is 5.75 Å². The lowest BCUT2D eigenvalue weighted by molar-refractivity contribution is -0.142. The molecule has 0 atom stereocenters. The van der Waals surface area contributed by atoms with Gasteiger partial charge in [0.15, 0.2) is 5.69 Å². The lowest BCUT2D eigenvalue weighted by atomic mass is 10.1. The standard InChI is InChI=1S/C19H16F3NO4/c1-3-25-18(24)16-11(2)27-15-7-6-13(9-14(15)16)26-10-12-5-4-8-23-17(12)19(20,21)22/h4-9H,3,10H2,1-2H3/i10D2. The van der Waals surface area contributed by atoms with Crippen LogP contribution in [0, 0.1) is 6.92 Å². The number of hydrogen-bond acceptors (Lipinski definition) is 5. The van der Waals surface area contributed by atoms with Crippen LogP contribution < -0.4 is 4.74 Å². The van der Waals surface area contributed by atoms with Gasteiger partial charge in [0.25, 0.3) is 0 Å². The van der Waals surface area contributed by atoms with Gasteiger partial charge >= 0.3 is 12.1 Å². The van der Waals surface area contributed by atoms with Crippen LogP contribution >= 0.6 is 0 Å². The number of aromatic nitrogens is 1. The molecule has 0 radical (unpaired) electrons. The van der Waals surface area contributed by atoms with E-state index in [1.807, 2.05) is 0 Å². The van der Waals surface area contributed by atoms with E-state index in [1.54, 1.807) is 13.8 Å². The average molecular weight is 381 g/mol. The molecule has 8 heteroatoms. The maximum Gasteiger partial charge on any atom is 0.433 e. The molecule has 0 aliphatic carbocycles. The minimum atomic E-state index is -4.85. The minimum absolute atomic E-state index is 0.0918. The molecule has 2 heterocycles. The first kappa shape index (κ1) is 16.2. The van der Waals surface area contributed by atoms with Crippen molar-refractivity contribution in [3.05, 3.63) is 59.1 Å². The van der Waals surface area contributed by atoms with Crippen molar-refractivity contribution < 1.29 is 34.6 Å². The maximum atomic E-state index is 13.2. The Morgan fingerprint density at radius 1 is 1.33 bits per heavy atom. The highest BCUT2D eigenvalue weighted by molar-refractivity contribution is 6.04. The van der Waals surface area contributed by atoms with Crippen LogP contribution in [0.25, 0.3) is 11.0 Å². The fourth-order valence-electron chi connectivity index (χ4n) is 2.55. The van der Waals surface area contributed by atoms with E-state index in [1.165, 1.54) is 24.3 Å². The van der Waals surface area contributed by atoms with E-state index in [0.717, 1.165) is 12.3 Å². The zero-order valence-electron chi connectivity index (χ0n) is 16.4. The van der Waals surface area contributed by atoms with E-state index in [2.05, 4.69) is 4.98 Å². The summed E-state index contributed by atoms with van der Waals surface area (Å²) in [5.74, 6) is -0.424. The number of carbonyl (C=O) groups is 1. The fraction of sp³-hybridized carbons (Fsp3) is 0.263. The Balaban J connectivity index is 2.02. The smallest absolute Gasteiger partial charge is 0.433 e. The summed E-state index contributed by atoms with van der Waals surface area (Å²) in [6, 6.07) is 6.24. The first-order valence-corrected chi connectivity index (χ1v) is 7.96. The van der Waals surface area contributed by atoms with Crippen molar-refractivity contribution >= 4 is 16.9 Å².